The SMILES string of the molecule is CCNc1c(N)cc(C)c(Cl)c1F. The number of nitrogen functional groups attached to an aromatic ring is 1. The van der Waals surface area contributed by atoms with Crippen molar-refractivity contribution in [2.45, 2.75) is 13.8 Å². The van der Waals surface area contributed by atoms with E-state index >= 15 is 0 Å². The number of hydrogen-bond acceptors (Lipinski definition) is 2. The molecule has 3 N–H and O–H groups in total. The summed E-state index contributed by atoms with van der Waals surface area (Å²) in [4.78, 5) is 0. The Balaban J connectivity index is 3.26. The third-order valence-electron chi connectivity index (χ3n) is 1.77. The first-order chi connectivity index (χ1) is 6.07. The maximum absolute atomic E-state index is 13.4. The van der Waals surface area contributed by atoms with Crippen molar-refractivity contribution in [2.24, 2.45) is 0 Å². The van der Waals surface area contributed by atoms with E-state index in [1.54, 1.807) is 13.0 Å². The minimum atomic E-state index is -0.471. The molecule has 0 aliphatic heterocycles. The quantitative estimate of drug-likeness (QED) is 0.724. The fourth-order valence-electron chi connectivity index (χ4n) is 1.13. The fraction of sp³-hybridized carbons (Fsp3) is 0.333. The highest BCUT2D eigenvalue weighted by molar-refractivity contribution is 6.32. The van der Waals surface area contributed by atoms with Gasteiger partial charge in [0.2, 0.25) is 0 Å². The monoisotopic (exact) mass is 202 g/mol. The molecular formula is C9H12ClFN2. The Morgan fingerprint density at radius 2 is 2.23 bits per heavy atom. The first-order valence-corrected chi connectivity index (χ1v) is 4.43. The molecule has 0 aliphatic carbocycles. The van der Waals surface area contributed by atoms with Crippen LogP contribution in [-0.2, 0) is 0 Å². The summed E-state index contributed by atoms with van der Waals surface area (Å²) in [5.41, 5.74) is 6.95. The maximum atomic E-state index is 13.4. The van der Waals surface area contributed by atoms with Crippen LogP contribution in [0.15, 0.2) is 6.07 Å². The van der Waals surface area contributed by atoms with Crippen molar-refractivity contribution in [1.82, 2.24) is 0 Å². The molecular weight excluding hydrogens is 191 g/mol. The van der Waals surface area contributed by atoms with Gasteiger partial charge in [0.15, 0.2) is 5.82 Å². The number of halogens is 2. The highest BCUT2D eigenvalue weighted by Crippen LogP contribution is 2.31. The van der Waals surface area contributed by atoms with E-state index in [0.29, 0.717) is 17.8 Å². The normalized spacial score (nSPS) is 10.2. The first kappa shape index (κ1) is 10.1. The number of aryl methyl sites for hydroxylation is 1. The molecule has 0 saturated carbocycles. The van der Waals surface area contributed by atoms with Crippen LogP contribution in [0, 0.1) is 12.7 Å². The molecule has 0 radical (unpaired) electrons. The molecule has 0 spiro atoms. The molecule has 72 valence electrons. The molecule has 0 aliphatic rings. The standard InChI is InChI=1S/C9H12ClFN2/c1-3-13-9-6(12)4-5(2)7(10)8(9)11/h4,13H,3,12H2,1-2H3. The van der Waals surface area contributed by atoms with Gasteiger partial charge >= 0.3 is 0 Å². The van der Waals surface area contributed by atoms with Crippen molar-refractivity contribution in [3.63, 3.8) is 0 Å². The Kier molecular flexibility index (Phi) is 2.98. The molecule has 1 rings (SSSR count). The maximum Gasteiger partial charge on any atom is 0.167 e. The molecule has 0 fully saturated rings. The van der Waals surface area contributed by atoms with Crippen LogP contribution in [0.3, 0.4) is 0 Å². The molecule has 4 heteroatoms. The van der Waals surface area contributed by atoms with Crippen molar-refractivity contribution in [1.29, 1.82) is 0 Å². The molecule has 1 aromatic carbocycles. The second kappa shape index (κ2) is 3.83. The van der Waals surface area contributed by atoms with Gasteiger partial charge in [-0.25, -0.2) is 4.39 Å². The topological polar surface area (TPSA) is 38.0 Å². The summed E-state index contributed by atoms with van der Waals surface area (Å²) < 4.78 is 13.4. The Morgan fingerprint density at radius 1 is 1.62 bits per heavy atom. The number of rotatable bonds is 2. The average Bonchev–Trinajstić information content (AvgIpc) is 2.09. The summed E-state index contributed by atoms with van der Waals surface area (Å²) in [5, 5.41) is 2.96. The molecule has 13 heavy (non-hydrogen) atoms. The number of hydrogen-bond donors (Lipinski definition) is 2. The Bertz CT molecular complexity index is 326. The van der Waals surface area contributed by atoms with Crippen molar-refractivity contribution in [3.05, 3.63) is 22.5 Å². The highest BCUT2D eigenvalue weighted by atomic mass is 35.5. The van der Waals surface area contributed by atoms with Gasteiger partial charge < -0.3 is 11.1 Å². The zero-order chi connectivity index (χ0) is 10.0. The lowest BCUT2D eigenvalue weighted by atomic mass is 10.2. The largest absolute Gasteiger partial charge is 0.397 e. The van der Waals surface area contributed by atoms with Gasteiger partial charge in [-0.1, -0.05) is 11.6 Å². The Hall–Kier alpha value is -0.960. The fourth-order valence-corrected chi connectivity index (χ4v) is 1.28. The van der Waals surface area contributed by atoms with E-state index in [9.17, 15) is 4.39 Å². The summed E-state index contributed by atoms with van der Waals surface area (Å²) >= 11 is 5.72. The van der Waals surface area contributed by atoms with Crippen LogP contribution in [-0.4, -0.2) is 6.54 Å². The van der Waals surface area contributed by atoms with Gasteiger partial charge in [-0.15, -0.1) is 0 Å². The van der Waals surface area contributed by atoms with Gasteiger partial charge in [0.25, 0.3) is 0 Å². The van der Waals surface area contributed by atoms with Crippen molar-refractivity contribution >= 4 is 23.0 Å². The molecule has 0 bridgehead atoms. The first-order valence-electron chi connectivity index (χ1n) is 4.05. The minimum Gasteiger partial charge on any atom is -0.397 e. The van der Waals surface area contributed by atoms with Gasteiger partial charge in [0, 0.05) is 6.54 Å². The molecule has 0 unspecified atom stereocenters. The van der Waals surface area contributed by atoms with Crippen molar-refractivity contribution in [2.75, 3.05) is 17.6 Å². The van der Waals surface area contributed by atoms with E-state index in [1.165, 1.54) is 0 Å². The van der Waals surface area contributed by atoms with E-state index < -0.39 is 5.82 Å². The lowest BCUT2D eigenvalue weighted by Crippen LogP contribution is -2.04. The van der Waals surface area contributed by atoms with E-state index in [0.717, 1.165) is 0 Å². The third-order valence-corrected chi connectivity index (χ3v) is 2.24. The van der Waals surface area contributed by atoms with Gasteiger partial charge in [-0.3, -0.25) is 0 Å². The molecule has 0 amide bonds. The number of benzene rings is 1. The lowest BCUT2D eigenvalue weighted by molar-refractivity contribution is 0.630. The van der Waals surface area contributed by atoms with Crippen molar-refractivity contribution in [3.8, 4) is 0 Å². The predicted molar refractivity (Wildman–Crippen MR) is 54.7 cm³/mol. The van der Waals surface area contributed by atoms with Gasteiger partial charge in [-0.05, 0) is 25.5 Å². The minimum absolute atomic E-state index is 0.130. The molecule has 0 heterocycles. The van der Waals surface area contributed by atoms with E-state index in [4.69, 9.17) is 17.3 Å². The molecule has 0 atom stereocenters. The highest BCUT2D eigenvalue weighted by Gasteiger charge is 2.12. The lowest BCUT2D eigenvalue weighted by Gasteiger charge is -2.11. The van der Waals surface area contributed by atoms with Crippen LogP contribution < -0.4 is 11.1 Å². The Morgan fingerprint density at radius 3 is 2.77 bits per heavy atom. The smallest absolute Gasteiger partial charge is 0.167 e. The zero-order valence-electron chi connectivity index (χ0n) is 7.62. The summed E-state index contributed by atoms with van der Waals surface area (Å²) in [7, 11) is 0. The second-order valence-electron chi connectivity index (χ2n) is 2.82. The Labute approximate surface area is 81.9 Å². The molecule has 2 nitrogen and oxygen atoms in total. The predicted octanol–water partition coefficient (Wildman–Crippen LogP) is 2.80. The molecule has 0 aromatic heterocycles. The summed E-state index contributed by atoms with van der Waals surface area (Å²) in [6.07, 6.45) is 0. The van der Waals surface area contributed by atoms with Gasteiger partial charge in [0.05, 0.1) is 16.4 Å². The van der Waals surface area contributed by atoms with Crippen LogP contribution in [0.5, 0.6) is 0 Å². The van der Waals surface area contributed by atoms with E-state index in [2.05, 4.69) is 5.32 Å². The summed E-state index contributed by atoms with van der Waals surface area (Å²) in [5.74, 6) is -0.471. The van der Waals surface area contributed by atoms with Crippen LogP contribution in [0.4, 0.5) is 15.8 Å². The number of anilines is 2. The van der Waals surface area contributed by atoms with Crippen LogP contribution in [0.2, 0.25) is 5.02 Å². The summed E-state index contributed by atoms with van der Waals surface area (Å²) in [6.45, 7) is 4.20. The average molecular weight is 203 g/mol. The van der Waals surface area contributed by atoms with Gasteiger partial charge in [0.1, 0.15) is 0 Å². The van der Waals surface area contributed by atoms with E-state index in [-0.39, 0.29) is 10.7 Å². The van der Waals surface area contributed by atoms with Crippen LogP contribution >= 0.6 is 11.6 Å². The molecule has 1 aromatic rings. The third kappa shape index (κ3) is 1.86. The van der Waals surface area contributed by atoms with E-state index in [1.807, 2.05) is 6.92 Å². The zero-order valence-corrected chi connectivity index (χ0v) is 8.37. The number of nitrogens with two attached hydrogens (primary N) is 1. The van der Waals surface area contributed by atoms with Crippen molar-refractivity contribution < 1.29 is 4.39 Å². The molecule has 0 saturated heterocycles. The number of nitrogens with one attached hydrogen (secondary N) is 1. The second-order valence-corrected chi connectivity index (χ2v) is 3.19. The van der Waals surface area contributed by atoms with Gasteiger partial charge in [-0.2, -0.15) is 0 Å². The van der Waals surface area contributed by atoms with Crippen LogP contribution in [0.1, 0.15) is 12.5 Å². The summed E-state index contributed by atoms with van der Waals surface area (Å²) in [6, 6.07) is 1.66. The van der Waals surface area contributed by atoms with Crippen LogP contribution in [0.25, 0.3) is 0 Å².